The van der Waals surface area contributed by atoms with E-state index in [9.17, 15) is 8.42 Å². The van der Waals surface area contributed by atoms with Gasteiger partial charge in [0, 0.05) is 23.0 Å². The van der Waals surface area contributed by atoms with Gasteiger partial charge in [0.2, 0.25) is 0 Å². The maximum atomic E-state index is 10.9. The van der Waals surface area contributed by atoms with E-state index in [2.05, 4.69) is 21.2 Å². The lowest BCUT2D eigenvalue weighted by molar-refractivity contribution is 0.602. The van der Waals surface area contributed by atoms with Crippen molar-refractivity contribution in [3.05, 3.63) is 28.2 Å². The molecule has 0 amide bonds. The molecular formula is C10H11BrN2O2S. The summed E-state index contributed by atoms with van der Waals surface area (Å²) in [6.07, 6.45) is 1.20. The first kappa shape index (κ1) is 13.0. The van der Waals surface area contributed by atoms with Crippen LogP contribution in [0.1, 0.15) is 5.56 Å². The molecule has 6 heteroatoms. The van der Waals surface area contributed by atoms with Crippen molar-refractivity contribution in [3.8, 4) is 6.07 Å². The minimum atomic E-state index is -2.94. The molecule has 0 aliphatic heterocycles. The summed E-state index contributed by atoms with van der Waals surface area (Å²) in [7, 11) is -2.94. The average Bonchev–Trinajstić information content (AvgIpc) is 2.16. The minimum absolute atomic E-state index is 0.0879. The lowest BCUT2D eigenvalue weighted by Crippen LogP contribution is -2.14. The van der Waals surface area contributed by atoms with Crippen LogP contribution in [0.15, 0.2) is 22.7 Å². The number of rotatable bonds is 4. The summed E-state index contributed by atoms with van der Waals surface area (Å²) in [6.45, 7) is 0.358. The standard InChI is InChI=1S/C10H11BrN2O2S/c1-16(14,15)5-4-13-9-3-2-8(7-12)10(11)6-9/h2-3,6,13H,4-5H2,1H3. The zero-order chi connectivity index (χ0) is 12.2. The molecular weight excluding hydrogens is 292 g/mol. The molecule has 0 atom stereocenters. The Hall–Kier alpha value is -1.06. The van der Waals surface area contributed by atoms with E-state index in [-0.39, 0.29) is 5.75 Å². The van der Waals surface area contributed by atoms with Gasteiger partial charge in [-0.2, -0.15) is 5.26 Å². The second-order valence-electron chi connectivity index (χ2n) is 3.36. The molecule has 0 fully saturated rings. The van der Waals surface area contributed by atoms with E-state index in [1.54, 1.807) is 18.2 Å². The van der Waals surface area contributed by atoms with Crippen LogP contribution in [0.3, 0.4) is 0 Å². The third-order valence-electron chi connectivity index (χ3n) is 1.89. The number of anilines is 1. The molecule has 1 rings (SSSR count). The van der Waals surface area contributed by atoms with Gasteiger partial charge >= 0.3 is 0 Å². The molecule has 1 aromatic carbocycles. The van der Waals surface area contributed by atoms with Gasteiger partial charge in [-0.15, -0.1) is 0 Å². The molecule has 1 aromatic rings. The van der Waals surface area contributed by atoms with Gasteiger partial charge in [-0.25, -0.2) is 8.42 Å². The summed E-state index contributed by atoms with van der Waals surface area (Å²) in [5, 5.41) is 11.7. The fraction of sp³-hybridized carbons (Fsp3) is 0.300. The molecule has 0 saturated carbocycles. The predicted octanol–water partition coefficient (Wildman–Crippen LogP) is 1.78. The smallest absolute Gasteiger partial charge is 0.149 e. The third kappa shape index (κ3) is 4.21. The van der Waals surface area contributed by atoms with E-state index in [4.69, 9.17) is 5.26 Å². The van der Waals surface area contributed by atoms with Crippen molar-refractivity contribution in [2.24, 2.45) is 0 Å². The van der Waals surface area contributed by atoms with Crippen molar-refractivity contribution in [2.75, 3.05) is 23.9 Å². The minimum Gasteiger partial charge on any atom is -0.384 e. The highest BCUT2D eigenvalue weighted by Crippen LogP contribution is 2.20. The zero-order valence-electron chi connectivity index (χ0n) is 8.70. The first-order valence-corrected chi connectivity index (χ1v) is 7.39. The highest BCUT2D eigenvalue weighted by atomic mass is 79.9. The summed E-state index contributed by atoms with van der Waals surface area (Å²) in [6, 6.07) is 7.20. The van der Waals surface area contributed by atoms with Gasteiger partial charge in [0.15, 0.2) is 0 Å². The van der Waals surface area contributed by atoms with E-state index in [0.717, 1.165) is 5.69 Å². The van der Waals surface area contributed by atoms with Crippen molar-refractivity contribution in [1.29, 1.82) is 5.26 Å². The van der Waals surface area contributed by atoms with Crippen molar-refractivity contribution in [3.63, 3.8) is 0 Å². The Morgan fingerprint density at radius 3 is 2.69 bits per heavy atom. The Balaban J connectivity index is 2.63. The third-order valence-corrected chi connectivity index (χ3v) is 3.49. The molecule has 0 radical (unpaired) electrons. The molecule has 0 spiro atoms. The van der Waals surface area contributed by atoms with Crippen molar-refractivity contribution < 1.29 is 8.42 Å². The largest absolute Gasteiger partial charge is 0.384 e. The van der Waals surface area contributed by atoms with Crippen LogP contribution >= 0.6 is 15.9 Å². The molecule has 1 N–H and O–H groups in total. The van der Waals surface area contributed by atoms with Crippen LogP contribution in [0.5, 0.6) is 0 Å². The maximum Gasteiger partial charge on any atom is 0.149 e. The monoisotopic (exact) mass is 302 g/mol. The van der Waals surface area contributed by atoms with Crippen LogP contribution in [0.2, 0.25) is 0 Å². The molecule has 0 bridgehead atoms. The lowest BCUT2D eigenvalue weighted by Gasteiger charge is -2.06. The molecule has 4 nitrogen and oxygen atoms in total. The molecule has 0 aliphatic carbocycles. The van der Waals surface area contributed by atoms with Gasteiger partial charge in [0.1, 0.15) is 15.9 Å². The van der Waals surface area contributed by atoms with E-state index in [1.807, 2.05) is 6.07 Å². The fourth-order valence-electron chi connectivity index (χ4n) is 1.10. The van der Waals surface area contributed by atoms with Crippen LogP contribution < -0.4 is 5.32 Å². The average molecular weight is 303 g/mol. The number of nitrogens with one attached hydrogen (secondary N) is 1. The van der Waals surface area contributed by atoms with Crippen LogP contribution in [-0.4, -0.2) is 27.0 Å². The molecule has 0 heterocycles. The topological polar surface area (TPSA) is 70.0 Å². The number of benzene rings is 1. The first-order chi connectivity index (χ1) is 7.42. The summed E-state index contributed by atoms with van der Waals surface area (Å²) in [5.41, 5.74) is 1.34. The number of sulfone groups is 1. The fourth-order valence-corrected chi connectivity index (χ4v) is 2.04. The van der Waals surface area contributed by atoms with Gasteiger partial charge in [0.25, 0.3) is 0 Å². The highest BCUT2D eigenvalue weighted by Gasteiger charge is 2.03. The van der Waals surface area contributed by atoms with Gasteiger partial charge < -0.3 is 5.32 Å². The Morgan fingerprint density at radius 1 is 1.50 bits per heavy atom. The molecule has 16 heavy (non-hydrogen) atoms. The summed E-state index contributed by atoms with van der Waals surface area (Å²) in [5.74, 6) is 0.0879. The van der Waals surface area contributed by atoms with Gasteiger partial charge in [-0.1, -0.05) is 0 Å². The number of nitriles is 1. The molecule has 0 aliphatic rings. The normalized spacial score (nSPS) is 10.8. The number of nitrogens with zero attached hydrogens (tertiary/aromatic N) is 1. The van der Waals surface area contributed by atoms with Crippen molar-refractivity contribution >= 4 is 31.5 Å². The van der Waals surface area contributed by atoms with Gasteiger partial charge in [-0.05, 0) is 34.1 Å². The SMILES string of the molecule is CS(=O)(=O)CCNc1ccc(C#N)c(Br)c1. The van der Waals surface area contributed by atoms with Gasteiger partial charge in [-0.3, -0.25) is 0 Å². The van der Waals surface area contributed by atoms with Crippen molar-refractivity contribution in [1.82, 2.24) is 0 Å². The van der Waals surface area contributed by atoms with Gasteiger partial charge in [0.05, 0.1) is 11.3 Å². The zero-order valence-corrected chi connectivity index (χ0v) is 11.1. The quantitative estimate of drug-likeness (QED) is 0.920. The molecule has 86 valence electrons. The summed E-state index contributed by atoms with van der Waals surface area (Å²) < 4.78 is 22.5. The molecule has 0 saturated heterocycles. The van der Waals surface area contributed by atoms with E-state index in [0.29, 0.717) is 16.6 Å². The summed E-state index contributed by atoms with van der Waals surface area (Å²) in [4.78, 5) is 0. The lowest BCUT2D eigenvalue weighted by atomic mass is 10.2. The van der Waals surface area contributed by atoms with Crippen LogP contribution in [-0.2, 0) is 9.84 Å². The van der Waals surface area contributed by atoms with E-state index in [1.165, 1.54) is 6.26 Å². The number of halogens is 1. The number of hydrogen-bond acceptors (Lipinski definition) is 4. The second-order valence-corrected chi connectivity index (χ2v) is 6.48. The first-order valence-electron chi connectivity index (χ1n) is 4.53. The second kappa shape index (κ2) is 5.32. The molecule has 0 unspecified atom stereocenters. The van der Waals surface area contributed by atoms with Crippen LogP contribution in [0.25, 0.3) is 0 Å². The Morgan fingerprint density at radius 2 is 2.19 bits per heavy atom. The van der Waals surface area contributed by atoms with Crippen molar-refractivity contribution in [2.45, 2.75) is 0 Å². The Labute approximate surface area is 103 Å². The Kier molecular flexibility index (Phi) is 4.33. The van der Waals surface area contributed by atoms with Crippen LogP contribution in [0, 0.1) is 11.3 Å². The highest BCUT2D eigenvalue weighted by molar-refractivity contribution is 9.10. The number of hydrogen-bond donors (Lipinski definition) is 1. The molecule has 0 aromatic heterocycles. The van der Waals surface area contributed by atoms with Crippen LogP contribution in [0.4, 0.5) is 5.69 Å². The maximum absolute atomic E-state index is 10.9. The predicted molar refractivity (Wildman–Crippen MR) is 67.1 cm³/mol. The van der Waals surface area contributed by atoms with E-state index >= 15 is 0 Å². The Bertz CT molecular complexity index is 520. The van der Waals surface area contributed by atoms with E-state index < -0.39 is 9.84 Å². The summed E-state index contributed by atoms with van der Waals surface area (Å²) >= 11 is 3.26.